The molecule has 10 heteroatoms. The zero-order chi connectivity index (χ0) is 19.5. The number of hydrogen-bond acceptors (Lipinski definition) is 6. The first-order valence-corrected chi connectivity index (χ1v) is 9.23. The highest BCUT2D eigenvalue weighted by Crippen LogP contribution is 2.30. The number of hydrazone groups is 1. The summed E-state index contributed by atoms with van der Waals surface area (Å²) < 4.78 is 26.2. The summed E-state index contributed by atoms with van der Waals surface area (Å²) in [6.45, 7) is 1.62. The van der Waals surface area contributed by atoms with E-state index in [0.29, 0.717) is 42.3 Å². The topological polar surface area (TPSA) is 84.8 Å². The first-order valence-electron chi connectivity index (χ1n) is 8.85. The first-order chi connectivity index (χ1) is 13.6. The summed E-state index contributed by atoms with van der Waals surface area (Å²) in [6.07, 6.45) is 2.44. The standard InChI is InChI=1S/C19H18ClFN4O3.ClH/c20-13-2-1-11(7-14(13)21)19-17(10-23-5-6-27-19)28-16-3-4-22-9-12(16)15-8-18(26)25-24-15;/h1-4,7,9,17,19,23H,5-6,8,10H2,(H,25,26);1H/t17-,19+;/m1./s1. The van der Waals surface area contributed by atoms with Gasteiger partial charge in [0.05, 0.1) is 29.3 Å². The zero-order valence-electron chi connectivity index (χ0n) is 15.2. The molecule has 1 saturated heterocycles. The second kappa shape index (κ2) is 9.49. The molecule has 2 N–H and O–H groups in total. The summed E-state index contributed by atoms with van der Waals surface area (Å²) in [5.74, 6) is -0.158. The molecule has 0 spiro atoms. The molecule has 29 heavy (non-hydrogen) atoms. The highest BCUT2D eigenvalue weighted by atomic mass is 35.5. The number of rotatable bonds is 4. The summed E-state index contributed by atoms with van der Waals surface area (Å²) in [6, 6.07) is 6.32. The van der Waals surface area contributed by atoms with Gasteiger partial charge in [0, 0.05) is 25.5 Å². The van der Waals surface area contributed by atoms with Crippen LogP contribution in [0.5, 0.6) is 5.75 Å². The molecule has 1 amide bonds. The van der Waals surface area contributed by atoms with Gasteiger partial charge >= 0.3 is 0 Å². The van der Waals surface area contributed by atoms with Crippen LogP contribution in [0.15, 0.2) is 41.8 Å². The van der Waals surface area contributed by atoms with Crippen LogP contribution in [0.3, 0.4) is 0 Å². The van der Waals surface area contributed by atoms with Crippen molar-refractivity contribution in [3.63, 3.8) is 0 Å². The Bertz CT molecular complexity index is 928. The van der Waals surface area contributed by atoms with Crippen LogP contribution >= 0.6 is 24.0 Å². The van der Waals surface area contributed by atoms with Gasteiger partial charge in [-0.25, -0.2) is 9.82 Å². The fourth-order valence-corrected chi connectivity index (χ4v) is 3.32. The lowest BCUT2D eigenvalue weighted by Crippen LogP contribution is -2.34. The van der Waals surface area contributed by atoms with Crippen molar-refractivity contribution < 1.29 is 18.7 Å². The first kappa shape index (κ1) is 21.4. The molecule has 1 aromatic heterocycles. The lowest BCUT2D eigenvalue weighted by atomic mass is 10.0. The summed E-state index contributed by atoms with van der Waals surface area (Å²) in [5, 5.41) is 7.36. The van der Waals surface area contributed by atoms with Crippen molar-refractivity contribution in [2.24, 2.45) is 5.10 Å². The third-order valence-corrected chi connectivity index (χ3v) is 4.85. The van der Waals surface area contributed by atoms with Crippen LogP contribution in [0, 0.1) is 5.82 Å². The monoisotopic (exact) mass is 440 g/mol. The summed E-state index contributed by atoms with van der Waals surface area (Å²) in [5.41, 5.74) is 4.26. The van der Waals surface area contributed by atoms with Gasteiger partial charge in [-0.1, -0.05) is 17.7 Å². The number of pyridine rings is 1. The van der Waals surface area contributed by atoms with E-state index in [-0.39, 0.29) is 29.8 Å². The minimum atomic E-state index is -0.506. The smallest absolute Gasteiger partial charge is 0.246 e. The summed E-state index contributed by atoms with van der Waals surface area (Å²) >= 11 is 5.81. The van der Waals surface area contributed by atoms with Gasteiger partial charge in [-0.3, -0.25) is 9.78 Å². The molecule has 154 valence electrons. The molecule has 0 aliphatic carbocycles. The van der Waals surface area contributed by atoms with Gasteiger partial charge in [-0.15, -0.1) is 12.4 Å². The van der Waals surface area contributed by atoms with Crippen molar-refractivity contribution in [1.29, 1.82) is 0 Å². The Morgan fingerprint density at radius 2 is 2.17 bits per heavy atom. The number of benzene rings is 1. The van der Waals surface area contributed by atoms with Crippen molar-refractivity contribution in [1.82, 2.24) is 15.7 Å². The molecular weight excluding hydrogens is 422 g/mol. The van der Waals surface area contributed by atoms with Crippen LogP contribution in [0.1, 0.15) is 23.7 Å². The number of carbonyl (C=O) groups is 1. The van der Waals surface area contributed by atoms with E-state index in [1.54, 1.807) is 24.5 Å². The SMILES string of the molecule is Cl.O=C1CC(c2cnccc2O[C@@H]2CNCCO[C@H]2c2ccc(Cl)c(F)c2)=NN1. The van der Waals surface area contributed by atoms with Crippen molar-refractivity contribution in [2.75, 3.05) is 19.7 Å². The molecule has 2 atom stereocenters. The molecule has 0 unspecified atom stereocenters. The van der Waals surface area contributed by atoms with Gasteiger partial charge < -0.3 is 14.8 Å². The highest BCUT2D eigenvalue weighted by Gasteiger charge is 2.30. The van der Waals surface area contributed by atoms with E-state index in [2.05, 4.69) is 20.8 Å². The Balaban J connectivity index is 0.00000240. The van der Waals surface area contributed by atoms with Crippen molar-refractivity contribution in [3.8, 4) is 5.75 Å². The van der Waals surface area contributed by atoms with Gasteiger partial charge in [0.25, 0.3) is 0 Å². The number of aromatic nitrogens is 1. The van der Waals surface area contributed by atoms with Crippen molar-refractivity contribution >= 4 is 35.6 Å². The molecule has 0 bridgehead atoms. The van der Waals surface area contributed by atoms with Gasteiger partial charge in [0.1, 0.15) is 23.8 Å². The Morgan fingerprint density at radius 3 is 2.93 bits per heavy atom. The Morgan fingerprint density at radius 1 is 1.31 bits per heavy atom. The van der Waals surface area contributed by atoms with Crippen LogP contribution in [-0.4, -0.2) is 42.4 Å². The van der Waals surface area contributed by atoms with Crippen LogP contribution in [-0.2, 0) is 9.53 Å². The average Bonchev–Trinajstić information content (AvgIpc) is 2.99. The van der Waals surface area contributed by atoms with Gasteiger partial charge in [0.15, 0.2) is 0 Å². The highest BCUT2D eigenvalue weighted by molar-refractivity contribution is 6.30. The maximum Gasteiger partial charge on any atom is 0.246 e. The Kier molecular flexibility index (Phi) is 7.02. The van der Waals surface area contributed by atoms with Crippen molar-refractivity contribution in [2.45, 2.75) is 18.6 Å². The second-order valence-electron chi connectivity index (χ2n) is 6.47. The molecule has 7 nitrogen and oxygen atoms in total. The molecule has 0 radical (unpaired) electrons. The van der Waals surface area contributed by atoms with E-state index in [9.17, 15) is 9.18 Å². The van der Waals surface area contributed by atoms with E-state index >= 15 is 0 Å². The molecule has 3 heterocycles. The minimum Gasteiger partial charge on any atom is -0.485 e. The van der Waals surface area contributed by atoms with E-state index in [0.717, 1.165) is 0 Å². The number of carbonyl (C=O) groups excluding carboxylic acids is 1. The third kappa shape index (κ3) is 4.84. The predicted molar refractivity (Wildman–Crippen MR) is 108 cm³/mol. The van der Waals surface area contributed by atoms with Crippen LogP contribution in [0.4, 0.5) is 4.39 Å². The predicted octanol–water partition coefficient (Wildman–Crippen LogP) is 2.63. The van der Waals surface area contributed by atoms with Crippen LogP contribution in [0.25, 0.3) is 0 Å². The Hall–Kier alpha value is -2.26. The summed E-state index contributed by atoms with van der Waals surface area (Å²) in [4.78, 5) is 15.6. The third-order valence-electron chi connectivity index (χ3n) is 4.55. The van der Waals surface area contributed by atoms with Gasteiger partial charge in [-0.2, -0.15) is 5.10 Å². The minimum absolute atomic E-state index is 0. The number of amides is 1. The van der Waals surface area contributed by atoms with E-state index in [1.165, 1.54) is 12.1 Å². The molecule has 1 aromatic carbocycles. The van der Waals surface area contributed by atoms with Crippen molar-refractivity contribution in [3.05, 3.63) is 58.6 Å². The van der Waals surface area contributed by atoms with Crippen LogP contribution in [0.2, 0.25) is 5.02 Å². The quantitative estimate of drug-likeness (QED) is 0.762. The number of nitrogens with one attached hydrogen (secondary N) is 2. The van der Waals surface area contributed by atoms with Gasteiger partial charge in [0.2, 0.25) is 5.91 Å². The fraction of sp³-hybridized carbons (Fsp3) is 0.316. The molecule has 4 rings (SSSR count). The van der Waals surface area contributed by atoms with E-state index < -0.39 is 18.0 Å². The number of ether oxygens (including phenoxy) is 2. The average molecular weight is 441 g/mol. The van der Waals surface area contributed by atoms with Crippen LogP contribution < -0.4 is 15.5 Å². The van der Waals surface area contributed by atoms with E-state index in [1.807, 2.05) is 0 Å². The lowest BCUT2D eigenvalue weighted by molar-refractivity contribution is -0.119. The normalized spacial score (nSPS) is 21.6. The maximum absolute atomic E-state index is 14.0. The number of nitrogens with zero attached hydrogens (tertiary/aromatic N) is 2. The zero-order valence-corrected chi connectivity index (χ0v) is 16.8. The molecule has 2 aliphatic heterocycles. The molecule has 2 aromatic rings. The number of halogens is 3. The van der Waals surface area contributed by atoms with Gasteiger partial charge in [-0.05, 0) is 23.8 Å². The second-order valence-corrected chi connectivity index (χ2v) is 6.87. The summed E-state index contributed by atoms with van der Waals surface area (Å²) in [7, 11) is 0. The molecular formula is C19H19Cl2FN4O3. The Labute approximate surface area is 178 Å². The lowest BCUT2D eigenvalue weighted by Gasteiger charge is -2.27. The fourth-order valence-electron chi connectivity index (χ4n) is 3.20. The van der Waals surface area contributed by atoms with E-state index in [4.69, 9.17) is 21.1 Å². The molecule has 1 fully saturated rings. The number of hydrogen-bond donors (Lipinski definition) is 2. The molecule has 0 saturated carbocycles. The largest absolute Gasteiger partial charge is 0.485 e. The molecule has 2 aliphatic rings. The maximum atomic E-state index is 14.0.